The number of carbonyl (C=O) groups is 3. The third kappa shape index (κ3) is 2.71. The highest BCUT2D eigenvalue weighted by Gasteiger charge is 2.54. The molecule has 0 radical (unpaired) electrons. The average molecular weight is 346 g/mol. The number of hydrogen-bond donors (Lipinski definition) is 1. The summed E-state index contributed by atoms with van der Waals surface area (Å²) in [7, 11) is 0. The number of hydrogen-bond acceptors (Lipinski definition) is 4. The van der Waals surface area contributed by atoms with Crippen molar-refractivity contribution >= 4 is 17.8 Å². The van der Waals surface area contributed by atoms with E-state index in [1.54, 1.807) is 21.9 Å². The molecule has 0 spiro atoms. The van der Waals surface area contributed by atoms with Gasteiger partial charge in [-0.3, -0.25) is 14.4 Å². The third-order valence-corrected chi connectivity index (χ3v) is 6.10. The first-order valence-corrected chi connectivity index (χ1v) is 8.90. The fourth-order valence-electron chi connectivity index (χ4n) is 4.90. The summed E-state index contributed by atoms with van der Waals surface area (Å²) in [6, 6.07) is 3.31. The van der Waals surface area contributed by atoms with Crippen molar-refractivity contribution in [3.63, 3.8) is 0 Å². The van der Waals surface area contributed by atoms with E-state index in [1.807, 2.05) is 0 Å². The lowest BCUT2D eigenvalue weighted by Crippen LogP contribution is -2.53. The molecule has 1 saturated heterocycles. The number of piperazine rings is 1. The molecule has 4 atom stereocenters. The fraction of sp³-hybridized carbons (Fsp3) is 0.611. The molecule has 1 N–H and O–H groups in total. The van der Waals surface area contributed by atoms with E-state index >= 15 is 0 Å². The molecule has 1 aromatic rings. The van der Waals surface area contributed by atoms with Gasteiger partial charge >= 0.3 is 5.97 Å². The van der Waals surface area contributed by atoms with Crippen LogP contribution in [-0.4, -0.2) is 58.9 Å². The Bertz CT molecular complexity index is 678. The van der Waals surface area contributed by atoms with Crippen LogP contribution in [0.2, 0.25) is 0 Å². The summed E-state index contributed by atoms with van der Waals surface area (Å²) in [5.74, 6) is -1.29. The topological polar surface area (TPSA) is 91.1 Å². The lowest BCUT2D eigenvalue weighted by molar-refractivity contribution is -0.153. The summed E-state index contributed by atoms with van der Waals surface area (Å²) in [5.41, 5.74) is 0. The summed E-state index contributed by atoms with van der Waals surface area (Å²) in [5, 5.41) is 9.54. The molecule has 1 aliphatic heterocycles. The number of amides is 2. The van der Waals surface area contributed by atoms with E-state index in [0.29, 0.717) is 31.9 Å². The predicted molar refractivity (Wildman–Crippen MR) is 86.6 cm³/mol. The molecule has 0 aromatic carbocycles. The Kier molecular flexibility index (Phi) is 4.01. The van der Waals surface area contributed by atoms with E-state index in [0.717, 1.165) is 19.3 Å². The molecule has 4 rings (SSSR count). The molecular weight excluding hydrogens is 324 g/mol. The summed E-state index contributed by atoms with van der Waals surface area (Å²) >= 11 is 0. The van der Waals surface area contributed by atoms with Gasteiger partial charge in [-0.1, -0.05) is 0 Å². The lowest BCUT2D eigenvalue weighted by atomic mass is 9.78. The van der Waals surface area contributed by atoms with Crippen LogP contribution in [0.1, 0.15) is 29.8 Å². The highest BCUT2D eigenvalue weighted by Crippen LogP contribution is 2.53. The van der Waals surface area contributed by atoms with Crippen molar-refractivity contribution in [2.45, 2.75) is 19.3 Å². The summed E-state index contributed by atoms with van der Waals surface area (Å²) in [6.45, 7) is 1.80. The molecular formula is C18H22N2O5. The number of rotatable bonds is 3. The Morgan fingerprint density at radius 2 is 1.64 bits per heavy atom. The molecule has 1 aromatic heterocycles. The van der Waals surface area contributed by atoms with Crippen molar-refractivity contribution in [1.82, 2.24) is 9.80 Å². The molecule has 2 saturated carbocycles. The number of furan rings is 1. The molecule has 2 heterocycles. The van der Waals surface area contributed by atoms with Gasteiger partial charge in [-0.05, 0) is 43.2 Å². The van der Waals surface area contributed by atoms with Crippen LogP contribution in [0.15, 0.2) is 22.8 Å². The minimum atomic E-state index is -0.836. The van der Waals surface area contributed by atoms with Gasteiger partial charge in [0.25, 0.3) is 5.91 Å². The number of nitrogens with zero attached hydrogens (tertiary/aromatic N) is 2. The maximum absolute atomic E-state index is 13.0. The maximum Gasteiger partial charge on any atom is 0.307 e. The Balaban J connectivity index is 1.40. The van der Waals surface area contributed by atoms with Gasteiger partial charge in [-0.25, -0.2) is 0 Å². The van der Waals surface area contributed by atoms with Crippen molar-refractivity contribution in [1.29, 1.82) is 0 Å². The summed E-state index contributed by atoms with van der Waals surface area (Å²) < 4.78 is 5.14. The van der Waals surface area contributed by atoms with Crippen LogP contribution in [0.25, 0.3) is 0 Å². The number of fused-ring (bicyclic) bond motifs is 2. The second-order valence-electron chi connectivity index (χ2n) is 7.32. The zero-order chi connectivity index (χ0) is 17.6. The van der Waals surface area contributed by atoms with Crippen molar-refractivity contribution in [2.24, 2.45) is 23.7 Å². The fourth-order valence-corrected chi connectivity index (χ4v) is 4.90. The Hall–Kier alpha value is -2.31. The van der Waals surface area contributed by atoms with E-state index in [9.17, 15) is 19.5 Å². The smallest absolute Gasteiger partial charge is 0.307 e. The number of carbonyl (C=O) groups excluding carboxylic acids is 2. The molecule has 7 heteroatoms. The van der Waals surface area contributed by atoms with Crippen LogP contribution in [-0.2, 0) is 9.59 Å². The van der Waals surface area contributed by atoms with Crippen LogP contribution in [0.3, 0.4) is 0 Å². The quantitative estimate of drug-likeness (QED) is 0.891. The van der Waals surface area contributed by atoms with Gasteiger partial charge in [0.1, 0.15) is 0 Å². The van der Waals surface area contributed by atoms with Crippen LogP contribution < -0.4 is 0 Å². The normalized spacial score (nSPS) is 31.4. The SMILES string of the molecule is O=C(O)[C@H]1[C@@H]2CC[C@H](C2)[C@H]1C(=O)N1CCN(C(=O)c2ccco2)CC1. The first-order valence-electron chi connectivity index (χ1n) is 8.90. The van der Waals surface area contributed by atoms with Crippen molar-refractivity contribution in [2.75, 3.05) is 26.2 Å². The third-order valence-electron chi connectivity index (χ3n) is 6.10. The van der Waals surface area contributed by atoms with E-state index in [1.165, 1.54) is 6.26 Å². The summed E-state index contributed by atoms with van der Waals surface area (Å²) in [4.78, 5) is 40.3. The standard InChI is InChI=1S/C18H22N2O5/c21-16(13-2-1-9-25-13)19-5-7-20(8-6-19)17(22)14-11-3-4-12(10-11)15(14)18(23)24/h1-2,9,11-12,14-15H,3-8,10H2,(H,23,24)/t11-,12-,14-,15+/m1/s1. The van der Waals surface area contributed by atoms with Gasteiger partial charge in [0, 0.05) is 26.2 Å². The number of aliphatic carboxylic acids is 1. The van der Waals surface area contributed by atoms with Gasteiger partial charge in [0.05, 0.1) is 18.1 Å². The second-order valence-corrected chi connectivity index (χ2v) is 7.32. The largest absolute Gasteiger partial charge is 0.481 e. The van der Waals surface area contributed by atoms with Crippen LogP contribution >= 0.6 is 0 Å². The first kappa shape index (κ1) is 16.2. The number of carboxylic acid groups (broad SMARTS) is 1. The zero-order valence-electron chi connectivity index (χ0n) is 14.0. The molecule has 25 heavy (non-hydrogen) atoms. The van der Waals surface area contributed by atoms with Gasteiger partial charge in [-0.15, -0.1) is 0 Å². The lowest BCUT2D eigenvalue weighted by Gasteiger charge is -2.38. The second kappa shape index (κ2) is 6.20. The van der Waals surface area contributed by atoms with E-state index in [-0.39, 0.29) is 29.6 Å². The molecule has 3 fully saturated rings. The van der Waals surface area contributed by atoms with Crippen LogP contribution in [0.4, 0.5) is 0 Å². The molecule has 0 unspecified atom stereocenters. The van der Waals surface area contributed by atoms with Crippen LogP contribution in [0, 0.1) is 23.7 Å². The minimum absolute atomic E-state index is 0.0373. The van der Waals surface area contributed by atoms with Crippen molar-refractivity contribution in [3.8, 4) is 0 Å². The summed E-state index contributed by atoms with van der Waals surface area (Å²) in [6.07, 6.45) is 4.22. The van der Waals surface area contributed by atoms with Gasteiger partial charge in [0.15, 0.2) is 5.76 Å². The van der Waals surface area contributed by atoms with Crippen LogP contribution in [0.5, 0.6) is 0 Å². The molecule has 7 nitrogen and oxygen atoms in total. The molecule has 134 valence electrons. The highest BCUT2D eigenvalue weighted by atomic mass is 16.4. The van der Waals surface area contributed by atoms with E-state index in [4.69, 9.17) is 4.42 Å². The average Bonchev–Trinajstić information content (AvgIpc) is 3.36. The Labute approximate surface area is 145 Å². The monoisotopic (exact) mass is 346 g/mol. The van der Waals surface area contributed by atoms with Crippen molar-refractivity contribution < 1.29 is 23.9 Å². The van der Waals surface area contributed by atoms with Gasteiger partial charge in [0.2, 0.25) is 5.91 Å². The molecule has 2 aliphatic carbocycles. The molecule has 3 aliphatic rings. The predicted octanol–water partition coefficient (Wildman–Crippen LogP) is 1.31. The zero-order valence-corrected chi connectivity index (χ0v) is 14.0. The van der Waals surface area contributed by atoms with E-state index < -0.39 is 11.9 Å². The van der Waals surface area contributed by atoms with Gasteiger partial charge < -0.3 is 19.3 Å². The van der Waals surface area contributed by atoms with E-state index in [2.05, 4.69) is 0 Å². The maximum atomic E-state index is 13.0. The Morgan fingerprint density at radius 3 is 2.24 bits per heavy atom. The highest BCUT2D eigenvalue weighted by molar-refractivity contribution is 5.92. The molecule has 2 amide bonds. The minimum Gasteiger partial charge on any atom is -0.481 e. The molecule has 2 bridgehead atoms. The number of carboxylic acids is 1. The van der Waals surface area contributed by atoms with Gasteiger partial charge in [-0.2, -0.15) is 0 Å². The van der Waals surface area contributed by atoms with Crippen molar-refractivity contribution in [3.05, 3.63) is 24.2 Å². The Morgan fingerprint density at radius 1 is 1.00 bits per heavy atom. The first-order chi connectivity index (χ1) is 12.1.